The Morgan fingerprint density at radius 2 is 1.44 bits per heavy atom. The average Bonchev–Trinajstić information content (AvgIpc) is 2.77. The Labute approximate surface area is 161 Å². The summed E-state index contributed by atoms with van der Waals surface area (Å²) in [4.78, 5) is 58.7. The maximum Gasteiger partial charge on any atom is 0.303 e. The largest absolute Gasteiger partial charge is 0.463 e. The maximum atomic E-state index is 12.4. The molecule has 0 fully saturated rings. The highest BCUT2D eigenvalue weighted by atomic mass is 16.6. The molecule has 0 bridgehead atoms. The van der Waals surface area contributed by atoms with Gasteiger partial charge in [-0.2, -0.15) is 0 Å². The van der Waals surface area contributed by atoms with Crippen molar-refractivity contribution in [3.63, 3.8) is 0 Å². The molecule has 0 unspecified atom stereocenters. The average molecular weight is 390 g/mol. The van der Waals surface area contributed by atoms with Crippen LogP contribution >= 0.6 is 0 Å². The second kappa shape index (κ2) is 11.6. The molecule has 10 nitrogen and oxygen atoms in total. The predicted octanol–water partition coefficient (Wildman–Crippen LogP) is -0.702. The van der Waals surface area contributed by atoms with Gasteiger partial charge >= 0.3 is 23.9 Å². The van der Waals surface area contributed by atoms with E-state index in [2.05, 4.69) is 4.74 Å². The summed E-state index contributed by atoms with van der Waals surface area (Å²) in [5.74, 6) is -3.88. The molecular formula is C17H22O10. The number of hydrogen-bond donors (Lipinski definition) is 1. The van der Waals surface area contributed by atoms with Crippen LogP contribution in [-0.4, -0.2) is 65.8 Å². The topological polar surface area (TPSA) is 143 Å². The van der Waals surface area contributed by atoms with E-state index in [4.69, 9.17) is 26.1 Å². The van der Waals surface area contributed by atoms with Crippen LogP contribution in [0.25, 0.3) is 0 Å². The lowest BCUT2D eigenvalue weighted by atomic mass is 9.98. The molecule has 0 aromatic rings. The summed E-state index contributed by atoms with van der Waals surface area (Å²) in [5, 5.41) is 10.4. The van der Waals surface area contributed by atoms with Crippen LogP contribution in [0, 0.1) is 12.3 Å². The molecule has 0 saturated heterocycles. The third-order valence-electron chi connectivity index (χ3n) is 2.80. The highest BCUT2D eigenvalue weighted by Gasteiger charge is 2.44. The number of ether oxygens (including phenoxy) is 4. The molecule has 10 heteroatoms. The van der Waals surface area contributed by atoms with Gasteiger partial charge in [-0.1, -0.05) is 5.92 Å². The van der Waals surface area contributed by atoms with Gasteiger partial charge in [0.25, 0.3) is 0 Å². The number of hydrogen-bond acceptors (Lipinski definition) is 10. The first-order valence-electron chi connectivity index (χ1n) is 10.0. The number of ketones is 1. The van der Waals surface area contributed by atoms with Gasteiger partial charge in [-0.25, -0.2) is 0 Å². The van der Waals surface area contributed by atoms with Crippen molar-refractivity contribution in [3.05, 3.63) is 0 Å². The maximum absolute atomic E-state index is 12.4. The van der Waals surface area contributed by atoms with Crippen molar-refractivity contribution >= 4 is 29.7 Å². The van der Waals surface area contributed by atoms with Crippen LogP contribution in [-0.2, 0) is 42.9 Å². The van der Waals surface area contributed by atoms with Gasteiger partial charge in [-0.3, -0.25) is 24.0 Å². The van der Waals surface area contributed by atoms with Gasteiger partial charge in [0.1, 0.15) is 12.7 Å². The summed E-state index contributed by atoms with van der Waals surface area (Å²) >= 11 is 0. The minimum atomic E-state index is -2.05. The number of esters is 4. The summed E-state index contributed by atoms with van der Waals surface area (Å²) in [6.07, 6.45) is -3.64. The van der Waals surface area contributed by atoms with Gasteiger partial charge in [0.2, 0.25) is 6.10 Å². The first kappa shape index (κ1) is 17.5. The first-order chi connectivity index (χ1) is 14.6. The summed E-state index contributed by atoms with van der Waals surface area (Å²) in [7, 11) is 0. The molecule has 0 rings (SSSR count). The highest BCUT2D eigenvalue weighted by molar-refractivity contribution is 5.88. The SMILES string of the molecule is [2H]CC(=O)OC[C@@H](O)[C@@H](OC(=O)C[2H])[C@H](OC(=O)C[2H])[C@@H](OC(=O)C[2H])C(=O)CC#C. The minimum Gasteiger partial charge on any atom is -0.463 e. The monoisotopic (exact) mass is 390 g/mol. The van der Waals surface area contributed by atoms with Crippen LogP contribution in [0.1, 0.15) is 39.5 Å². The molecule has 0 aromatic heterocycles. The van der Waals surface area contributed by atoms with E-state index in [0.717, 1.165) is 0 Å². The number of terminal acetylenes is 1. The van der Waals surface area contributed by atoms with E-state index >= 15 is 0 Å². The number of rotatable bonds is 10. The van der Waals surface area contributed by atoms with Gasteiger partial charge in [0.05, 0.1) is 6.42 Å². The van der Waals surface area contributed by atoms with Crippen molar-refractivity contribution in [1.29, 1.82) is 0 Å². The van der Waals surface area contributed by atoms with Gasteiger partial charge in [-0.15, -0.1) is 6.42 Å². The predicted molar refractivity (Wildman–Crippen MR) is 87.8 cm³/mol. The van der Waals surface area contributed by atoms with Crippen LogP contribution in [0.5, 0.6) is 0 Å². The van der Waals surface area contributed by atoms with Crippen molar-refractivity contribution in [2.75, 3.05) is 6.61 Å². The smallest absolute Gasteiger partial charge is 0.303 e. The standard InChI is InChI=1S/C17H22O10/c1-6-7-13(22)15(25-10(3)19)17(27-12(5)21)16(26-11(4)20)14(23)8-24-9(2)18/h1,14-17,23H,7-8H2,2-5H3/t14-,15+,16-,17-/m1/s1/i2D,3D,4D,5D. The molecule has 0 aromatic carbocycles. The Morgan fingerprint density at radius 3 is 1.96 bits per heavy atom. The lowest BCUT2D eigenvalue weighted by Gasteiger charge is -2.33. The molecule has 0 aliphatic rings. The van der Waals surface area contributed by atoms with Gasteiger partial charge in [-0.05, 0) is 0 Å². The number of Topliss-reactive ketones (excluding diaryl/α,β-unsaturated/α-hetero) is 1. The van der Waals surface area contributed by atoms with E-state index in [-0.39, 0.29) is 0 Å². The first-order valence-corrected chi connectivity index (χ1v) is 7.20. The molecule has 0 aliphatic carbocycles. The quantitative estimate of drug-likeness (QED) is 0.289. The Kier molecular flexibility index (Phi) is 7.54. The van der Waals surface area contributed by atoms with Crippen molar-refractivity contribution < 1.29 is 53.5 Å². The van der Waals surface area contributed by atoms with Crippen LogP contribution in [0.2, 0.25) is 0 Å². The Morgan fingerprint density at radius 1 is 0.926 bits per heavy atom. The number of aliphatic hydroxyl groups excluding tert-OH is 1. The van der Waals surface area contributed by atoms with Crippen LogP contribution in [0.4, 0.5) is 0 Å². The molecule has 0 spiro atoms. The summed E-state index contributed by atoms with van der Waals surface area (Å²) in [6.45, 7) is -4.55. The fourth-order valence-electron chi connectivity index (χ4n) is 1.90. The summed E-state index contributed by atoms with van der Waals surface area (Å²) in [5.41, 5.74) is 0. The normalized spacial score (nSPS) is 16.4. The zero-order valence-electron chi connectivity index (χ0n) is 18.3. The van der Waals surface area contributed by atoms with Crippen molar-refractivity contribution in [1.82, 2.24) is 0 Å². The molecule has 1 N–H and O–H groups in total. The highest BCUT2D eigenvalue weighted by Crippen LogP contribution is 2.19. The van der Waals surface area contributed by atoms with E-state index in [9.17, 15) is 29.1 Å². The molecule has 0 radical (unpaired) electrons. The summed E-state index contributed by atoms with van der Waals surface area (Å²) < 4.78 is 47.2. The third kappa shape index (κ3) is 9.37. The number of carbonyl (C=O) groups is 5. The van der Waals surface area contributed by atoms with Gasteiger partial charge < -0.3 is 24.1 Å². The molecular weight excluding hydrogens is 364 g/mol. The molecule has 0 saturated carbocycles. The second-order valence-corrected chi connectivity index (χ2v) is 4.92. The summed E-state index contributed by atoms with van der Waals surface area (Å²) in [6, 6.07) is 0. The van der Waals surface area contributed by atoms with Gasteiger partial charge in [0, 0.05) is 33.1 Å². The van der Waals surface area contributed by atoms with E-state index in [0.29, 0.717) is 0 Å². The Bertz CT molecular complexity index is 693. The molecule has 4 atom stereocenters. The fourth-order valence-corrected chi connectivity index (χ4v) is 1.90. The Hall–Kier alpha value is -2.93. The van der Waals surface area contributed by atoms with Crippen LogP contribution < -0.4 is 0 Å². The number of aliphatic hydroxyl groups is 1. The fraction of sp³-hybridized carbons (Fsp3) is 0.588. The van der Waals surface area contributed by atoms with E-state index in [1.54, 1.807) is 0 Å². The number of carbonyl (C=O) groups excluding carboxylic acids is 5. The molecule has 0 amide bonds. The molecule has 0 heterocycles. The second-order valence-electron chi connectivity index (χ2n) is 4.92. The van der Waals surface area contributed by atoms with Crippen molar-refractivity contribution in [3.8, 4) is 12.3 Å². The zero-order valence-corrected chi connectivity index (χ0v) is 14.3. The lowest BCUT2D eigenvalue weighted by molar-refractivity contribution is -0.197. The minimum absolute atomic E-state index is 0.645. The van der Waals surface area contributed by atoms with E-state index in [1.807, 2.05) is 5.92 Å². The van der Waals surface area contributed by atoms with Crippen molar-refractivity contribution in [2.45, 2.75) is 58.4 Å². The van der Waals surface area contributed by atoms with E-state index in [1.165, 1.54) is 0 Å². The lowest BCUT2D eigenvalue weighted by Crippen LogP contribution is -2.54. The van der Waals surface area contributed by atoms with Crippen molar-refractivity contribution in [2.24, 2.45) is 0 Å². The van der Waals surface area contributed by atoms with Gasteiger partial charge in [0.15, 0.2) is 18.0 Å². The zero-order chi connectivity index (χ0) is 24.0. The van der Waals surface area contributed by atoms with E-state index < -0.39 is 94.7 Å². The molecule has 0 aliphatic heterocycles. The van der Waals surface area contributed by atoms with Crippen LogP contribution in [0.3, 0.4) is 0 Å². The molecule has 27 heavy (non-hydrogen) atoms. The third-order valence-corrected chi connectivity index (χ3v) is 2.80. The van der Waals surface area contributed by atoms with Crippen LogP contribution in [0.15, 0.2) is 0 Å². The molecule has 150 valence electrons. The Balaban J connectivity index is 6.20.